The number of hydrogen-bond donors (Lipinski definition) is 1. The van der Waals surface area contributed by atoms with Crippen molar-refractivity contribution >= 4 is 27.7 Å². The van der Waals surface area contributed by atoms with Gasteiger partial charge in [-0.1, -0.05) is 15.9 Å². The zero-order valence-electron chi connectivity index (χ0n) is 10.4. The number of benzene rings is 1. The third-order valence-corrected chi connectivity index (χ3v) is 4.69. The molecule has 1 aliphatic heterocycles. The van der Waals surface area contributed by atoms with Crippen molar-refractivity contribution in [1.82, 2.24) is 5.32 Å². The molecule has 1 aromatic rings. The van der Waals surface area contributed by atoms with Crippen molar-refractivity contribution < 1.29 is 13.5 Å². The molecule has 1 fully saturated rings. The van der Waals surface area contributed by atoms with Crippen LogP contribution in [0.3, 0.4) is 0 Å². The molecule has 0 radical (unpaired) electrons. The van der Waals surface area contributed by atoms with Crippen LogP contribution in [0.25, 0.3) is 0 Å². The lowest BCUT2D eigenvalue weighted by molar-refractivity contribution is -0.0505. The van der Waals surface area contributed by atoms with Crippen LogP contribution < -0.4 is 10.1 Å². The fourth-order valence-electron chi connectivity index (χ4n) is 2.05. The first-order valence-corrected chi connectivity index (χ1v) is 8.14. The lowest BCUT2D eigenvalue weighted by Gasteiger charge is -2.23. The molecule has 2 nitrogen and oxygen atoms in total. The minimum atomic E-state index is -2.79. The van der Waals surface area contributed by atoms with Crippen LogP contribution in [0.5, 0.6) is 5.75 Å². The Morgan fingerprint density at radius 2 is 2.32 bits per heavy atom. The Kier molecular flexibility index (Phi) is 5.91. The molecule has 0 amide bonds. The van der Waals surface area contributed by atoms with Gasteiger partial charge < -0.3 is 10.1 Å². The highest BCUT2D eigenvalue weighted by molar-refractivity contribution is 9.10. The van der Waals surface area contributed by atoms with Crippen molar-refractivity contribution in [3.63, 3.8) is 0 Å². The summed E-state index contributed by atoms with van der Waals surface area (Å²) < 4.78 is 30.1. The molecule has 0 saturated carbocycles. The lowest BCUT2D eigenvalue weighted by atomic mass is 10.1. The van der Waals surface area contributed by atoms with Crippen molar-refractivity contribution in [2.45, 2.75) is 32.0 Å². The number of hydrogen-bond acceptors (Lipinski definition) is 3. The van der Waals surface area contributed by atoms with E-state index >= 15 is 0 Å². The van der Waals surface area contributed by atoms with Gasteiger partial charge in [0.05, 0.1) is 0 Å². The van der Waals surface area contributed by atoms with Crippen LogP contribution in [-0.4, -0.2) is 24.2 Å². The highest BCUT2D eigenvalue weighted by atomic mass is 79.9. The zero-order chi connectivity index (χ0) is 13.7. The van der Waals surface area contributed by atoms with E-state index < -0.39 is 6.61 Å². The number of alkyl halides is 2. The summed E-state index contributed by atoms with van der Waals surface area (Å²) in [6, 6.07) is 5.55. The molecule has 106 valence electrons. The Morgan fingerprint density at radius 3 is 3.00 bits per heavy atom. The van der Waals surface area contributed by atoms with E-state index in [1.165, 1.54) is 12.2 Å². The van der Waals surface area contributed by atoms with Gasteiger partial charge in [-0.15, -0.1) is 0 Å². The molecule has 0 bridgehead atoms. The highest BCUT2D eigenvalue weighted by Crippen LogP contribution is 2.25. The van der Waals surface area contributed by atoms with E-state index in [2.05, 4.69) is 26.0 Å². The van der Waals surface area contributed by atoms with E-state index in [-0.39, 0.29) is 5.75 Å². The Morgan fingerprint density at radius 1 is 1.47 bits per heavy atom. The monoisotopic (exact) mass is 351 g/mol. The summed E-state index contributed by atoms with van der Waals surface area (Å²) in [5.41, 5.74) is 0.755. The van der Waals surface area contributed by atoms with Crippen LogP contribution in [0.2, 0.25) is 0 Å². The van der Waals surface area contributed by atoms with Gasteiger partial charge in [-0.3, -0.25) is 0 Å². The van der Waals surface area contributed by atoms with Gasteiger partial charge >= 0.3 is 6.61 Å². The topological polar surface area (TPSA) is 21.3 Å². The number of ether oxygens (including phenoxy) is 1. The van der Waals surface area contributed by atoms with Crippen LogP contribution in [-0.2, 0) is 6.54 Å². The SMILES string of the molecule is FC(F)Oc1ccc(Br)cc1CNC1CCCSC1. The normalized spacial score (nSPS) is 19.7. The van der Waals surface area contributed by atoms with Crippen molar-refractivity contribution in [2.75, 3.05) is 11.5 Å². The lowest BCUT2D eigenvalue weighted by Crippen LogP contribution is -2.33. The smallest absolute Gasteiger partial charge is 0.387 e. The van der Waals surface area contributed by atoms with Crippen molar-refractivity contribution in [3.05, 3.63) is 28.2 Å². The van der Waals surface area contributed by atoms with E-state index in [1.807, 2.05) is 17.8 Å². The average Bonchev–Trinajstić information content (AvgIpc) is 2.40. The zero-order valence-corrected chi connectivity index (χ0v) is 12.8. The van der Waals surface area contributed by atoms with E-state index in [0.717, 1.165) is 22.2 Å². The van der Waals surface area contributed by atoms with Crippen LogP contribution in [0.1, 0.15) is 18.4 Å². The standard InChI is InChI=1S/C13H16BrF2NOS/c14-10-3-4-12(18-13(15)16)9(6-10)7-17-11-2-1-5-19-8-11/h3-4,6,11,13,17H,1-2,5,7-8H2. The second-order valence-corrected chi connectivity index (χ2v) is 6.49. The minimum absolute atomic E-state index is 0.245. The van der Waals surface area contributed by atoms with Gasteiger partial charge in [-0.2, -0.15) is 20.5 Å². The molecule has 0 aromatic heterocycles. The van der Waals surface area contributed by atoms with Crippen LogP contribution >= 0.6 is 27.7 Å². The maximum atomic E-state index is 12.3. The second-order valence-electron chi connectivity index (χ2n) is 4.43. The fraction of sp³-hybridized carbons (Fsp3) is 0.538. The third-order valence-electron chi connectivity index (χ3n) is 2.98. The molecule has 19 heavy (non-hydrogen) atoms. The molecule has 1 unspecified atom stereocenters. The van der Waals surface area contributed by atoms with E-state index in [9.17, 15) is 8.78 Å². The summed E-state index contributed by atoms with van der Waals surface area (Å²) in [6.45, 7) is -2.24. The summed E-state index contributed by atoms with van der Waals surface area (Å²) in [5.74, 6) is 2.54. The van der Waals surface area contributed by atoms with Gasteiger partial charge in [0.2, 0.25) is 0 Å². The molecule has 1 aromatic carbocycles. The average molecular weight is 352 g/mol. The Balaban J connectivity index is 1.98. The molecule has 1 heterocycles. The second kappa shape index (κ2) is 7.45. The van der Waals surface area contributed by atoms with Gasteiger partial charge in [0.25, 0.3) is 0 Å². The predicted molar refractivity (Wildman–Crippen MR) is 78.0 cm³/mol. The Bertz CT molecular complexity index is 414. The maximum absolute atomic E-state index is 12.3. The molecular formula is C13H16BrF2NOS. The summed E-state index contributed by atoms with van der Waals surface area (Å²) in [4.78, 5) is 0. The van der Waals surface area contributed by atoms with Crippen molar-refractivity contribution in [3.8, 4) is 5.75 Å². The maximum Gasteiger partial charge on any atom is 0.387 e. The minimum Gasteiger partial charge on any atom is -0.434 e. The highest BCUT2D eigenvalue weighted by Gasteiger charge is 2.15. The molecule has 1 aliphatic rings. The van der Waals surface area contributed by atoms with E-state index in [0.29, 0.717) is 12.6 Å². The van der Waals surface area contributed by atoms with Crippen LogP contribution in [0.4, 0.5) is 8.78 Å². The van der Waals surface area contributed by atoms with E-state index in [1.54, 1.807) is 12.1 Å². The first-order valence-electron chi connectivity index (χ1n) is 6.19. The van der Waals surface area contributed by atoms with Gasteiger partial charge in [0.15, 0.2) is 0 Å². The Labute approximate surface area is 124 Å². The summed E-state index contributed by atoms with van der Waals surface area (Å²) in [5, 5.41) is 3.41. The first kappa shape index (κ1) is 15.1. The number of halogens is 3. The number of rotatable bonds is 5. The van der Waals surface area contributed by atoms with Gasteiger partial charge in [0.1, 0.15) is 5.75 Å². The summed E-state index contributed by atoms with van der Waals surface area (Å²) >= 11 is 5.29. The van der Waals surface area contributed by atoms with Crippen molar-refractivity contribution in [1.29, 1.82) is 0 Å². The van der Waals surface area contributed by atoms with Crippen molar-refractivity contribution in [2.24, 2.45) is 0 Å². The summed E-state index contributed by atoms with van der Waals surface area (Å²) in [6.07, 6.45) is 2.35. The van der Waals surface area contributed by atoms with Gasteiger partial charge in [-0.25, -0.2) is 0 Å². The van der Waals surface area contributed by atoms with E-state index in [4.69, 9.17) is 0 Å². The molecule has 2 rings (SSSR count). The third kappa shape index (κ3) is 4.93. The molecule has 1 atom stereocenters. The molecule has 0 spiro atoms. The number of thioether (sulfide) groups is 1. The molecular weight excluding hydrogens is 336 g/mol. The quantitative estimate of drug-likeness (QED) is 0.864. The summed E-state index contributed by atoms with van der Waals surface area (Å²) in [7, 11) is 0. The largest absolute Gasteiger partial charge is 0.434 e. The van der Waals surface area contributed by atoms with Crippen LogP contribution in [0.15, 0.2) is 22.7 Å². The van der Waals surface area contributed by atoms with Crippen LogP contribution in [0, 0.1) is 0 Å². The Hall–Kier alpha value is -0.330. The first-order chi connectivity index (χ1) is 9.15. The number of nitrogens with one attached hydrogen (secondary N) is 1. The molecule has 1 N–H and O–H groups in total. The molecule has 1 saturated heterocycles. The van der Waals surface area contributed by atoms with Gasteiger partial charge in [-0.05, 0) is 36.8 Å². The fourth-order valence-corrected chi connectivity index (χ4v) is 3.57. The van der Waals surface area contributed by atoms with Gasteiger partial charge in [0, 0.05) is 28.4 Å². The molecule has 0 aliphatic carbocycles. The predicted octanol–water partition coefficient (Wildman–Crippen LogP) is 4.04. The molecule has 6 heteroatoms.